The lowest BCUT2D eigenvalue weighted by Gasteiger charge is -2.23. The molecule has 2 unspecified atom stereocenters. The van der Waals surface area contributed by atoms with Crippen LogP contribution in [0.3, 0.4) is 0 Å². The molecule has 76 valence electrons. The molecule has 0 N–H and O–H groups in total. The van der Waals surface area contributed by atoms with Crippen LogP contribution >= 0.6 is 0 Å². The number of carbonyl (C=O) groups is 1. The Bertz CT molecular complexity index is 321. The van der Waals surface area contributed by atoms with Gasteiger partial charge in [-0.2, -0.15) is 0 Å². The lowest BCUT2D eigenvalue weighted by Crippen LogP contribution is -2.44. The molecule has 4 nitrogen and oxygen atoms in total. The van der Waals surface area contributed by atoms with Crippen LogP contribution in [-0.2, 0) is 14.4 Å². The molecule has 0 aromatic heterocycles. The summed E-state index contributed by atoms with van der Waals surface area (Å²) in [4.78, 5) is 17.0. The Morgan fingerprint density at radius 3 is 3.36 bits per heavy atom. The van der Waals surface area contributed by atoms with Crippen LogP contribution in [0.4, 0.5) is 0 Å². The first-order valence-electron chi connectivity index (χ1n) is 4.77. The van der Waals surface area contributed by atoms with Gasteiger partial charge in [-0.25, -0.2) is 4.79 Å². The number of hydrogen-bond donors (Lipinski definition) is 0. The minimum atomic E-state index is -0.889. The first kappa shape index (κ1) is 9.24. The van der Waals surface area contributed by atoms with Crippen molar-refractivity contribution >= 4 is 11.7 Å². The molecule has 0 spiro atoms. The predicted octanol–water partition coefficient (Wildman–Crippen LogP) is 1.27. The van der Waals surface area contributed by atoms with E-state index in [1.807, 2.05) is 19.1 Å². The minimum Gasteiger partial charge on any atom is -0.463 e. The number of rotatable bonds is 2. The van der Waals surface area contributed by atoms with Gasteiger partial charge in [0, 0.05) is 6.42 Å². The molecular formula is C10H13NO3. The SMILES string of the molecule is CCOC(=O)C12CC=CC1C(C)=NO2. The highest BCUT2D eigenvalue weighted by Gasteiger charge is 2.55. The van der Waals surface area contributed by atoms with E-state index in [0.29, 0.717) is 13.0 Å². The zero-order valence-corrected chi connectivity index (χ0v) is 8.32. The van der Waals surface area contributed by atoms with Crippen molar-refractivity contribution in [2.75, 3.05) is 6.61 Å². The molecule has 0 bridgehead atoms. The highest BCUT2D eigenvalue weighted by atomic mass is 16.7. The van der Waals surface area contributed by atoms with Crippen molar-refractivity contribution in [2.45, 2.75) is 25.9 Å². The second kappa shape index (κ2) is 3.12. The maximum absolute atomic E-state index is 11.7. The summed E-state index contributed by atoms with van der Waals surface area (Å²) in [7, 11) is 0. The van der Waals surface area contributed by atoms with E-state index in [9.17, 15) is 4.79 Å². The molecule has 0 saturated carbocycles. The van der Waals surface area contributed by atoms with Crippen LogP contribution in [0, 0.1) is 5.92 Å². The van der Waals surface area contributed by atoms with Gasteiger partial charge in [-0.05, 0) is 13.8 Å². The van der Waals surface area contributed by atoms with Gasteiger partial charge in [0.25, 0.3) is 0 Å². The first-order chi connectivity index (χ1) is 6.70. The van der Waals surface area contributed by atoms with Crippen LogP contribution in [0.2, 0.25) is 0 Å². The van der Waals surface area contributed by atoms with Gasteiger partial charge < -0.3 is 9.57 Å². The predicted molar refractivity (Wildman–Crippen MR) is 50.8 cm³/mol. The molecule has 0 fully saturated rings. The lowest BCUT2D eigenvalue weighted by atomic mass is 9.88. The van der Waals surface area contributed by atoms with Gasteiger partial charge in [0.2, 0.25) is 5.60 Å². The van der Waals surface area contributed by atoms with Gasteiger partial charge in [0.15, 0.2) is 0 Å². The van der Waals surface area contributed by atoms with E-state index in [2.05, 4.69) is 5.16 Å². The van der Waals surface area contributed by atoms with E-state index in [0.717, 1.165) is 5.71 Å². The number of nitrogens with zero attached hydrogens (tertiary/aromatic N) is 1. The molecule has 1 heterocycles. The van der Waals surface area contributed by atoms with Crippen LogP contribution in [0.5, 0.6) is 0 Å². The summed E-state index contributed by atoms with van der Waals surface area (Å²) in [6.45, 7) is 4.02. The highest BCUT2D eigenvalue weighted by molar-refractivity contribution is 5.96. The fraction of sp³-hybridized carbons (Fsp3) is 0.600. The third-order valence-corrected chi connectivity index (χ3v) is 2.68. The van der Waals surface area contributed by atoms with Gasteiger partial charge >= 0.3 is 5.97 Å². The second-order valence-corrected chi connectivity index (χ2v) is 3.54. The highest BCUT2D eigenvalue weighted by Crippen LogP contribution is 2.40. The van der Waals surface area contributed by atoms with Crippen LogP contribution in [0.15, 0.2) is 17.3 Å². The van der Waals surface area contributed by atoms with E-state index in [1.54, 1.807) is 6.92 Å². The zero-order valence-electron chi connectivity index (χ0n) is 8.32. The fourth-order valence-electron chi connectivity index (χ4n) is 1.94. The van der Waals surface area contributed by atoms with Crippen molar-refractivity contribution in [2.24, 2.45) is 11.1 Å². The Morgan fingerprint density at radius 1 is 1.86 bits per heavy atom. The van der Waals surface area contributed by atoms with Gasteiger partial charge in [0.1, 0.15) is 0 Å². The van der Waals surface area contributed by atoms with Crippen LogP contribution < -0.4 is 0 Å². The smallest absolute Gasteiger partial charge is 0.354 e. The second-order valence-electron chi connectivity index (χ2n) is 3.54. The molecule has 0 aromatic rings. The quantitative estimate of drug-likeness (QED) is 0.492. The number of oxime groups is 1. The summed E-state index contributed by atoms with van der Waals surface area (Å²) in [6, 6.07) is 0. The summed E-state index contributed by atoms with van der Waals surface area (Å²) in [6.07, 6.45) is 4.46. The Kier molecular flexibility index (Phi) is 2.06. The molecule has 0 radical (unpaired) electrons. The topological polar surface area (TPSA) is 47.9 Å². The summed E-state index contributed by atoms with van der Waals surface area (Å²) >= 11 is 0. The molecule has 2 atom stereocenters. The van der Waals surface area contributed by atoms with Crippen molar-refractivity contribution in [3.63, 3.8) is 0 Å². The third-order valence-electron chi connectivity index (χ3n) is 2.68. The number of carbonyl (C=O) groups excluding carboxylic acids is 1. The maximum Gasteiger partial charge on any atom is 0.354 e. The van der Waals surface area contributed by atoms with Crippen molar-refractivity contribution in [1.82, 2.24) is 0 Å². The Hall–Kier alpha value is -1.32. The standard InChI is InChI=1S/C10H13NO3/c1-3-13-9(12)10-6-4-5-8(10)7(2)11-14-10/h4-5,8H,3,6H2,1-2H3. The largest absolute Gasteiger partial charge is 0.463 e. The average molecular weight is 195 g/mol. The monoisotopic (exact) mass is 195 g/mol. The fourth-order valence-corrected chi connectivity index (χ4v) is 1.94. The molecule has 0 aromatic carbocycles. The number of ether oxygens (including phenoxy) is 1. The van der Waals surface area contributed by atoms with Crippen molar-refractivity contribution in [3.05, 3.63) is 12.2 Å². The molecule has 0 saturated heterocycles. The van der Waals surface area contributed by atoms with Gasteiger partial charge in [-0.1, -0.05) is 17.3 Å². The lowest BCUT2D eigenvalue weighted by molar-refractivity contribution is -0.170. The Balaban J connectivity index is 2.22. The molecular weight excluding hydrogens is 182 g/mol. The number of esters is 1. The Morgan fingerprint density at radius 2 is 2.64 bits per heavy atom. The molecule has 1 aliphatic carbocycles. The van der Waals surface area contributed by atoms with Gasteiger partial charge in [-0.3, -0.25) is 0 Å². The first-order valence-corrected chi connectivity index (χ1v) is 4.77. The van der Waals surface area contributed by atoms with Crippen molar-refractivity contribution in [1.29, 1.82) is 0 Å². The van der Waals surface area contributed by atoms with Crippen LogP contribution in [-0.4, -0.2) is 23.9 Å². The van der Waals surface area contributed by atoms with E-state index < -0.39 is 5.60 Å². The van der Waals surface area contributed by atoms with E-state index >= 15 is 0 Å². The van der Waals surface area contributed by atoms with Gasteiger partial charge in [-0.15, -0.1) is 0 Å². The number of fused-ring (bicyclic) bond motifs is 1. The van der Waals surface area contributed by atoms with Crippen LogP contribution in [0.25, 0.3) is 0 Å². The molecule has 1 aliphatic heterocycles. The summed E-state index contributed by atoms with van der Waals surface area (Å²) in [5.41, 5.74) is -0.0492. The van der Waals surface area contributed by atoms with Crippen molar-refractivity contribution in [3.8, 4) is 0 Å². The molecule has 0 amide bonds. The summed E-state index contributed by atoms with van der Waals surface area (Å²) in [5, 5.41) is 3.86. The van der Waals surface area contributed by atoms with Gasteiger partial charge in [0.05, 0.1) is 18.2 Å². The van der Waals surface area contributed by atoms with E-state index in [-0.39, 0.29) is 11.9 Å². The minimum absolute atomic E-state index is 0.0402. The zero-order chi connectivity index (χ0) is 10.2. The molecule has 14 heavy (non-hydrogen) atoms. The number of hydrogen-bond acceptors (Lipinski definition) is 4. The normalized spacial score (nSPS) is 33.6. The van der Waals surface area contributed by atoms with Crippen LogP contribution in [0.1, 0.15) is 20.3 Å². The molecule has 4 heteroatoms. The summed E-state index contributed by atoms with van der Waals surface area (Å²) in [5.74, 6) is -0.350. The van der Waals surface area contributed by atoms with E-state index in [4.69, 9.17) is 9.57 Å². The molecule has 2 rings (SSSR count). The maximum atomic E-state index is 11.7. The Labute approximate surface area is 82.6 Å². The molecule has 2 aliphatic rings. The van der Waals surface area contributed by atoms with Crippen molar-refractivity contribution < 1.29 is 14.4 Å². The van der Waals surface area contributed by atoms with E-state index in [1.165, 1.54) is 0 Å². The third kappa shape index (κ3) is 1.06. The summed E-state index contributed by atoms with van der Waals surface area (Å²) < 4.78 is 5.00. The average Bonchev–Trinajstić information content (AvgIpc) is 2.69.